The lowest BCUT2D eigenvalue weighted by molar-refractivity contribution is 0.0529. The van der Waals surface area contributed by atoms with Crippen molar-refractivity contribution in [1.82, 2.24) is 15.2 Å². The molecular formula is C19H32IN5O. The fraction of sp³-hybridized carbons (Fsp3) is 0.684. The zero-order valence-corrected chi connectivity index (χ0v) is 18.7. The number of hydrogen-bond donors (Lipinski definition) is 1. The lowest BCUT2D eigenvalue weighted by Crippen LogP contribution is -2.41. The van der Waals surface area contributed by atoms with Crippen LogP contribution in [0.2, 0.25) is 0 Å². The maximum absolute atomic E-state index is 5.62. The van der Waals surface area contributed by atoms with Crippen molar-refractivity contribution in [2.24, 2.45) is 10.4 Å². The zero-order chi connectivity index (χ0) is 17.9. The number of anilines is 1. The lowest BCUT2D eigenvalue weighted by Gasteiger charge is -2.32. The van der Waals surface area contributed by atoms with Crippen molar-refractivity contribution in [1.29, 1.82) is 0 Å². The van der Waals surface area contributed by atoms with E-state index in [1.165, 1.54) is 12.0 Å². The number of nitrogens with one attached hydrogen (secondary N) is 1. The first-order valence-corrected chi connectivity index (χ1v) is 9.24. The lowest BCUT2D eigenvalue weighted by atomic mass is 9.93. The highest BCUT2D eigenvalue weighted by Gasteiger charge is 2.30. The maximum atomic E-state index is 5.62. The molecule has 0 spiro atoms. The Morgan fingerprint density at radius 3 is 2.88 bits per heavy atom. The van der Waals surface area contributed by atoms with Crippen LogP contribution in [0.5, 0.6) is 0 Å². The molecule has 0 radical (unpaired) electrons. The molecule has 1 unspecified atom stereocenters. The van der Waals surface area contributed by atoms with Crippen LogP contribution in [0.1, 0.15) is 32.8 Å². The van der Waals surface area contributed by atoms with E-state index in [2.05, 4.69) is 58.0 Å². The number of ether oxygens (including phenoxy) is 1. The Hall–Kier alpha value is -1.09. The van der Waals surface area contributed by atoms with Gasteiger partial charge in [0.05, 0.1) is 12.7 Å². The Balaban J connectivity index is 0.00000243. The largest absolute Gasteiger partial charge is 0.375 e. The van der Waals surface area contributed by atoms with Crippen LogP contribution in [-0.4, -0.2) is 61.8 Å². The fourth-order valence-corrected chi connectivity index (χ4v) is 3.58. The van der Waals surface area contributed by atoms with E-state index in [4.69, 9.17) is 4.74 Å². The first kappa shape index (κ1) is 21.2. The van der Waals surface area contributed by atoms with Gasteiger partial charge in [-0.1, -0.05) is 13.8 Å². The number of rotatable bonds is 3. The molecule has 0 saturated carbocycles. The van der Waals surface area contributed by atoms with Gasteiger partial charge in [0.2, 0.25) is 0 Å². The maximum Gasteiger partial charge on any atom is 0.193 e. The summed E-state index contributed by atoms with van der Waals surface area (Å²) in [5.74, 6) is 2.02. The Kier molecular flexibility index (Phi) is 7.52. The molecule has 2 fully saturated rings. The minimum absolute atomic E-state index is 0. The molecule has 0 aliphatic carbocycles. The first-order chi connectivity index (χ1) is 12.0. The molecule has 7 heteroatoms. The second kappa shape index (κ2) is 9.21. The van der Waals surface area contributed by atoms with Crippen molar-refractivity contribution in [2.45, 2.75) is 39.8 Å². The number of guanidine groups is 1. The number of pyridine rings is 1. The third-order valence-corrected chi connectivity index (χ3v) is 5.01. The molecule has 1 aromatic heterocycles. The van der Waals surface area contributed by atoms with E-state index in [9.17, 15) is 0 Å². The topological polar surface area (TPSA) is 53.0 Å². The van der Waals surface area contributed by atoms with E-state index in [1.807, 2.05) is 13.2 Å². The van der Waals surface area contributed by atoms with Gasteiger partial charge in [-0.3, -0.25) is 4.99 Å². The highest BCUT2D eigenvalue weighted by Crippen LogP contribution is 2.28. The SMILES string of the molecule is CN=C(NCc1ccnc(N2CCOC(C)C2)c1)N1CCC(C)(C)C1.I. The van der Waals surface area contributed by atoms with Gasteiger partial charge in [0.25, 0.3) is 0 Å². The molecule has 3 rings (SSSR count). The summed E-state index contributed by atoms with van der Waals surface area (Å²) < 4.78 is 5.62. The molecule has 146 valence electrons. The van der Waals surface area contributed by atoms with E-state index in [0.29, 0.717) is 5.41 Å². The van der Waals surface area contributed by atoms with Gasteiger partial charge in [-0.05, 0) is 36.5 Å². The second-order valence-electron chi connectivity index (χ2n) is 7.89. The Morgan fingerprint density at radius 2 is 2.23 bits per heavy atom. The highest BCUT2D eigenvalue weighted by atomic mass is 127. The van der Waals surface area contributed by atoms with Gasteiger partial charge in [0.1, 0.15) is 5.82 Å². The summed E-state index contributed by atoms with van der Waals surface area (Å²) in [6.45, 7) is 12.2. The molecule has 0 bridgehead atoms. The molecule has 3 heterocycles. The average Bonchev–Trinajstić information content (AvgIpc) is 2.95. The van der Waals surface area contributed by atoms with Gasteiger partial charge in [0.15, 0.2) is 5.96 Å². The van der Waals surface area contributed by atoms with Crippen LogP contribution in [-0.2, 0) is 11.3 Å². The van der Waals surface area contributed by atoms with Crippen LogP contribution in [0.4, 0.5) is 5.82 Å². The normalized spacial score (nSPS) is 22.9. The van der Waals surface area contributed by atoms with E-state index in [0.717, 1.165) is 51.1 Å². The van der Waals surface area contributed by atoms with Crippen LogP contribution in [0.25, 0.3) is 0 Å². The summed E-state index contributed by atoms with van der Waals surface area (Å²) >= 11 is 0. The Morgan fingerprint density at radius 1 is 1.42 bits per heavy atom. The summed E-state index contributed by atoms with van der Waals surface area (Å²) in [4.78, 5) is 13.7. The van der Waals surface area contributed by atoms with E-state index < -0.39 is 0 Å². The fourth-order valence-electron chi connectivity index (χ4n) is 3.58. The van der Waals surface area contributed by atoms with Crippen molar-refractivity contribution in [2.75, 3.05) is 44.7 Å². The number of aromatic nitrogens is 1. The number of likely N-dealkylation sites (tertiary alicyclic amines) is 1. The number of halogens is 1. The van der Waals surface area contributed by atoms with E-state index >= 15 is 0 Å². The Bertz CT molecular complexity index is 622. The molecule has 6 nitrogen and oxygen atoms in total. The molecular weight excluding hydrogens is 441 g/mol. The number of hydrogen-bond acceptors (Lipinski definition) is 4. The third-order valence-electron chi connectivity index (χ3n) is 5.01. The summed E-state index contributed by atoms with van der Waals surface area (Å²) in [5, 5.41) is 3.51. The molecule has 1 atom stereocenters. The smallest absolute Gasteiger partial charge is 0.193 e. The number of aliphatic imine (C=N–C) groups is 1. The predicted molar refractivity (Wildman–Crippen MR) is 117 cm³/mol. The quantitative estimate of drug-likeness (QED) is 0.416. The van der Waals surface area contributed by atoms with Crippen molar-refractivity contribution in [3.05, 3.63) is 23.9 Å². The summed E-state index contributed by atoms with van der Waals surface area (Å²) in [5.41, 5.74) is 1.60. The monoisotopic (exact) mass is 473 g/mol. The highest BCUT2D eigenvalue weighted by molar-refractivity contribution is 14.0. The van der Waals surface area contributed by atoms with Gasteiger partial charge in [0, 0.05) is 46.0 Å². The molecule has 1 aromatic rings. The summed E-state index contributed by atoms with van der Waals surface area (Å²) in [6, 6.07) is 4.24. The van der Waals surface area contributed by atoms with Gasteiger partial charge in [-0.2, -0.15) is 0 Å². The third kappa shape index (κ3) is 5.45. The molecule has 26 heavy (non-hydrogen) atoms. The summed E-state index contributed by atoms with van der Waals surface area (Å²) in [7, 11) is 1.86. The second-order valence-corrected chi connectivity index (χ2v) is 7.89. The van der Waals surface area contributed by atoms with Gasteiger partial charge in [-0.25, -0.2) is 4.98 Å². The molecule has 2 saturated heterocycles. The van der Waals surface area contributed by atoms with Crippen LogP contribution in [0.3, 0.4) is 0 Å². The number of nitrogens with zero attached hydrogens (tertiary/aromatic N) is 4. The van der Waals surface area contributed by atoms with Crippen LogP contribution in [0.15, 0.2) is 23.3 Å². The summed E-state index contributed by atoms with van der Waals surface area (Å²) in [6.07, 6.45) is 3.37. The molecule has 2 aliphatic rings. The minimum atomic E-state index is 0. The predicted octanol–water partition coefficient (Wildman–Crippen LogP) is 2.73. The van der Waals surface area contributed by atoms with Crippen LogP contribution in [0, 0.1) is 5.41 Å². The van der Waals surface area contributed by atoms with Gasteiger partial charge in [-0.15, -0.1) is 24.0 Å². The zero-order valence-electron chi connectivity index (χ0n) is 16.4. The van der Waals surface area contributed by atoms with Gasteiger partial charge < -0.3 is 19.9 Å². The van der Waals surface area contributed by atoms with E-state index in [-0.39, 0.29) is 30.1 Å². The molecule has 0 amide bonds. The number of morpholine rings is 1. The Labute approximate surface area is 174 Å². The van der Waals surface area contributed by atoms with Crippen molar-refractivity contribution in [3.8, 4) is 0 Å². The minimum Gasteiger partial charge on any atom is -0.375 e. The van der Waals surface area contributed by atoms with Crippen molar-refractivity contribution in [3.63, 3.8) is 0 Å². The van der Waals surface area contributed by atoms with Crippen LogP contribution >= 0.6 is 24.0 Å². The molecule has 2 aliphatic heterocycles. The van der Waals surface area contributed by atoms with E-state index in [1.54, 1.807) is 0 Å². The van der Waals surface area contributed by atoms with Crippen molar-refractivity contribution < 1.29 is 4.74 Å². The first-order valence-electron chi connectivity index (χ1n) is 9.24. The average molecular weight is 473 g/mol. The molecule has 0 aromatic carbocycles. The van der Waals surface area contributed by atoms with Crippen molar-refractivity contribution >= 4 is 35.8 Å². The standard InChI is InChI=1S/C19H31N5O.HI/c1-15-13-23(9-10-25-15)17-11-16(5-7-21-17)12-22-18(20-4)24-8-6-19(2,3)14-24;/h5,7,11,15H,6,8-10,12-14H2,1-4H3,(H,20,22);1H. The molecule has 1 N–H and O–H groups in total. The van der Waals surface area contributed by atoms with Gasteiger partial charge >= 0.3 is 0 Å². The van der Waals surface area contributed by atoms with Crippen LogP contribution < -0.4 is 10.2 Å².